The molecule has 132 valence electrons. The van der Waals surface area contributed by atoms with Gasteiger partial charge in [-0.1, -0.05) is 0 Å². The van der Waals surface area contributed by atoms with Gasteiger partial charge in [0.05, 0.1) is 24.0 Å². The highest BCUT2D eigenvalue weighted by molar-refractivity contribution is 5.93. The smallest absolute Gasteiger partial charge is 0.272 e. The Kier molecular flexibility index (Phi) is 3.94. The van der Waals surface area contributed by atoms with Gasteiger partial charge in [0.2, 0.25) is 0 Å². The van der Waals surface area contributed by atoms with Gasteiger partial charge in [-0.15, -0.1) is 0 Å². The Morgan fingerprint density at radius 1 is 1.24 bits per heavy atom. The number of hydrogen-bond acceptors (Lipinski definition) is 4. The Balaban J connectivity index is 1.56. The third kappa shape index (κ3) is 3.10. The minimum atomic E-state index is -0.0972. The van der Waals surface area contributed by atoms with Gasteiger partial charge in [0.1, 0.15) is 5.69 Å². The fourth-order valence-corrected chi connectivity index (χ4v) is 3.64. The normalized spacial score (nSPS) is 20.2. The largest absolute Gasteiger partial charge is 0.332 e. The Morgan fingerprint density at radius 2 is 2.04 bits per heavy atom. The lowest BCUT2D eigenvalue weighted by Crippen LogP contribution is -2.41. The highest BCUT2D eigenvalue weighted by Gasteiger charge is 2.32. The van der Waals surface area contributed by atoms with Crippen LogP contribution in [0.15, 0.2) is 23.0 Å². The molecule has 1 unspecified atom stereocenters. The van der Waals surface area contributed by atoms with Gasteiger partial charge in [-0.2, -0.15) is 10.2 Å². The summed E-state index contributed by atoms with van der Waals surface area (Å²) < 4.78 is 3.17. The molecule has 0 radical (unpaired) electrons. The maximum Gasteiger partial charge on any atom is 0.272 e. The molecule has 0 spiro atoms. The van der Waals surface area contributed by atoms with Gasteiger partial charge in [0.15, 0.2) is 0 Å². The van der Waals surface area contributed by atoms with E-state index in [1.807, 2.05) is 24.0 Å². The Labute approximate surface area is 146 Å². The Bertz CT molecular complexity index is 865. The lowest BCUT2D eigenvalue weighted by Gasteiger charge is -2.25. The average Bonchev–Trinajstić information content (AvgIpc) is 3.23. The van der Waals surface area contributed by atoms with Crippen molar-refractivity contribution in [3.63, 3.8) is 0 Å². The SMILES string of the molecule is Cc1cc(C(=O)N2CCCC2Cn2nc(C3CC3)ccc2=O)n(C)n1. The molecule has 2 aromatic rings. The number of amides is 1. The number of likely N-dealkylation sites (tertiary alicyclic amines) is 1. The number of hydrogen-bond donors (Lipinski definition) is 0. The van der Waals surface area contributed by atoms with Crippen LogP contribution < -0.4 is 5.56 Å². The maximum atomic E-state index is 12.9. The number of rotatable bonds is 4. The Hall–Kier alpha value is -2.44. The van der Waals surface area contributed by atoms with Crippen LogP contribution in [0, 0.1) is 6.92 Å². The van der Waals surface area contributed by atoms with Gasteiger partial charge < -0.3 is 4.90 Å². The molecule has 2 aromatic heterocycles. The first-order valence-corrected chi connectivity index (χ1v) is 8.92. The van der Waals surface area contributed by atoms with E-state index in [0.29, 0.717) is 24.7 Å². The molecule has 1 amide bonds. The lowest BCUT2D eigenvalue weighted by atomic mass is 10.2. The molecule has 2 fully saturated rings. The standard InChI is InChI=1S/C18H23N5O2/c1-12-10-16(21(2)19-12)18(25)22-9-3-4-14(22)11-23-17(24)8-7-15(20-23)13-5-6-13/h7-8,10,13-14H,3-6,9,11H2,1-2H3. The second-order valence-corrected chi connectivity index (χ2v) is 7.14. The van der Waals surface area contributed by atoms with Gasteiger partial charge in [-0.25, -0.2) is 4.68 Å². The maximum absolute atomic E-state index is 12.9. The zero-order chi connectivity index (χ0) is 17.6. The number of nitrogens with zero attached hydrogens (tertiary/aromatic N) is 5. The first-order valence-electron chi connectivity index (χ1n) is 8.92. The first-order chi connectivity index (χ1) is 12.0. The molecule has 7 heteroatoms. The monoisotopic (exact) mass is 341 g/mol. The molecule has 2 aliphatic rings. The van der Waals surface area contributed by atoms with Crippen LogP contribution >= 0.6 is 0 Å². The molecule has 3 heterocycles. The van der Waals surface area contributed by atoms with E-state index in [1.165, 1.54) is 0 Å². The predicted molar refractivity (Wildman–Crippen MR) is 92.5 cm³/mol. The van der Waals surface area contributed by atoms with Crippen LogP contribution in [0.5, 0.6) is 0 Å². The minimum Gasteiger partial charge on any atom is -0.332 e. The van der Waals surface area contributed by atoms with Crippen molar-refractivity contribution in [2.24, 2.45) is 7.05 Å². The third-order valence-electron chi connectivity index (χ3n) is 5.13. The molecular weight excluding hydrogens is 318 g/mol. The van der Waals surface area contributed by atoms with Crippen LogP contribution in [0.25, 0.3) is 0 Å². The van der Waals surface area contributed by atoms with Crippen LogP contribution in [0.4, 0.5) is 0 Å². The molecule has 0 bridgehead atoms. The predicted octanol–water partition coefficient (Wildman–Crippen LogP) is 1.47. The highest BCUT2D eigenvalue weighted by Crippen LogP contribution is 2.38. The van der Waals surface area contributed by atoms with E-state index in [-0.39, 0.29) is 17.5 Å². The molecule has 1 aliphatic heterocycles. The molecule has 0 aromatic carbocycles. The fourth-order valence-electron chi connectivity index (χ4n) is 3.64. The summed E-state index contributed by atoms with van der Waals surface area (Å²) in [5.41, 5.74) is 2.32. The van der Waals surface area contributed by atoms with Crippen molar-refractivity contribution in [3.05, 3.63) is 45.6 Å². The van der Waals surface area contributed by atoms with E-state index in [1.54, 1.807) is 22.5 Å². The van der Waals surface area contributed by atoms with Crippen molar-refractivity contribution >= 4 is 5.91 Å². The molecule has 7 nitrogen and oxygen atoms in total. The van der Waals surface area contributed by atoms with E-state index in [9.17, 15) is 9.59 Å². The van der Waals surface area contributed by atoms with Gasteiger partial charge in [0, 0.05) is 25.6 Å². The summed E-state index contributed by atoms with van der Waals surface area (Å²) >= 11 is 0. The molecular formula is C18H23N5O2. The van der Waals surface area contributed by atoms with Crippen molar-refractivity contribution in [1.82, 2.24) is 24.5 Å². The second kappa shape index (κ2) is 6.13. The summed E-state index contributed by atoms with van der Waals surface area (Å²) in [6.45, 7) is 3.05. The van der Waals surface area contributed by atoms with Crippen LogP contribution in [0.3, 0.4) is 0 Å². The second-order valence-electron chi connectivity index (χ2n) is 7.14. The Morgan fingerprint density at radius 3 is 2.72 bits per heavy atom. The van der Waals surface area contributed by atoms with Gasteiger partial charge in [0.25, 0.3) is 11.5 Å². The summed E-state index contributed by atoms with van der Waals surface area (Å²) in [5.74, 6) is 0.488. The third-order valence-corrected chi connectivity index (χ3v) is 5.13. The number of carbonyl (C=O) groups is 1. The summed E-state index contributed by atoms with van der Waals surface area (Å²) in [7, 11) is 1.79. The van der Waals surface area contributed by atoms with Crippen molar-refractivity contribution in [1.29, 1.82) is 0 Å². The van der Waals surface area contributed by atoms with Crippen LogP contribution in [0.1, 0.15) is 53.5 Å². The minimum absolute atomic E-state index is 0.00218. The van der Waals surface area contributed by atoms with E-state index in [4.69, 9.17) is 0 Å². The van der Waals surface area contributed by atoms with Crippen molar-refractivity contribution in [3.8, 4) is 0 Å². The zero-order valence-electron chi connectivity index (χ0n) is 14.7. The molecule has 1 saturated carbocycles. The molecule has 4 rings (SSSR count). The van der Waals surface area contributed by atoms with Crippen LogP contribution in [0.2, 0.25) is 0 Å². The average molecular weight is 341 g/mol. The highest BCUT2D eigenvalue weighted by atomic mass is 16.2. The zero-order valence-corrected chi connectivity index (χ0v) is 14.7. The fraction of sp³-hybridized carbons (Fsp3) is 0.556. The number of aryl methyl sites for hydroxylation is 2. The van der Waals surface area contributed by atoms with E-state index in [2.05, 4.69) is 10.2 Å². The molecule has 1 saturated heterocycles. The summed E-state index contributed by atoms with van der Waals surface area (Å²) in [6, 6.07) is 5.26. The van der Waals surface area contributed by atoms with Gasteiger partial charge >= 0.3 is 0 Å². The quantitative estimate of drug-likeness (QED) is 0.844. The first kappa shape index (κ1) is 16.1. The summed E-state index contributed by atoms with van der Waals surface area (Å²) in [5, 5.41) is 8.80. The number of aromatic nitrogens is 4. The molecule has 25 heavy (non-hydrogen) atoms. The topological polar surface area (TPSA) is 73.0 Å². The van der Waals surface area contributed by atoms with Crippen molar-refractivity contribution in [2.75, 3.05) is 6.54 Å². The van der Waals surface area contributed by atoms with E-state index < -0.39 is 0 Å². The van der Waals surface area contributed by atoms with Gasteiger partial charge in [-0.3, -0.25) is 14.3 Å². The van der Waals surface area contributed by atoms with Crippen LogP contribution in [-0.4, -0.2) is 43.0 Å². The lowest BCUT2D eigenvalue weighted by molar-refractivity contribution is 0.0709. The molecule has 1 atom stereocenters. The van der Waals surface area contributed by atoms with Crippen LogP contribution in [-0.2, 0) is 13.6 Å². The molecule has 1 aliphatic carbocycles. The van der Waals surface area contributed by atoms with Crippen molar-refractivity contribution in [2.45, 2.75) is 51.1 Å². The summed E-state index contributed by atoms with van der Waals surface area (Å²) in [4.78, 5) is 27.0. The van der Waals surface area contributed by atoms with E-state index in [0.717, 1.165) is 37.1 Å². The number of carbonyl (C=O) groups excluding carboxylic acids is 1. The van der Waals surface area contributed by atoms with Gasteiger partial charge in [-0.05, 0) is 44.7 Å². The summed E-state index contributed by atoms with van der Waals surface area (Å²) in [6.07, 6.45) is 4.15. The molecule has 0 N–H and O–H groups in total. The van der Waals surface area contributed by atoms with E-state index >= 15 is 0 Å². The van der Waals surface area contributed by atoms with Crippen molar-refractivity contribution < 1.29 is 4.79 Å².